The van der Waals surface area contributed by atoms with Crippen LogP contribution in [-0.2, 0) is 0 Å². The summed E-state index contributed by atoms with van der Waals surface area (Å²) in [5.41, 5.74) is 5.64. The van der Waals surface area contributed by atoms with Crippen LogP contribution in [0.1, 0.15) is 16.8 Å². The second kappa shape index (κ2) is 6.38. The van der Waals surface area contributed by atoms with E-state index in [2.05, 4.69) is 10.5 Å². The average molecular weight is 351 g/mol. The topological polar surface area (TPSA) is 87.7 Å². The van der Waals surface area contributed by atoms with Crippen LogP contribution < -0.4 is 11.1 Å². The Bertz CT molecular complexity index is 451. The first-order chi connectivity index (χ1) is 8.04. The lowest BCUT2D eigenvalue weighted by Crippen LogP contribution is -2.28. The van der Waals surface area contributed by atoms with Crippen molar-refractivity contribution in [1.29, 1.82) is 0 Å². The molecule has 1 aromatic rings. The number of carbonyl (C=O) groups is 1. The molecule has 0 atom stereocenters. The van der Waals surface area contributed by atoms with Gasteiger partial charge in [0.2, 0.25) is 0 Å². The van der Waals surface area contributed by atoms with Crippen LogP contribution in [0.2, 0.25) is 0 Å². The Balaban J connectivity index is 2.58. The minimum atomic E-state index is -0.386. The van der Waals surface area contributed by atoms with Gasteiger partial charge in [0.05, 0.1) is 5.56 Å². The molecule has 17 heavy (non-hydrogen) atoms. The smallest absolute Gasteiger partial charge is 0.252 e. The molecule has 5 nitrogen and oxygen atoms in total. The molecule has 7 heteroatoms. The van der Waals surface area contributed by atoms with Gasteiger partial charge in [-0.3, -0.25) is 4.79 Å². The van der Waals surface area contributed by atoms with Gasteiger partial charge in [-0.2, -0.15) is 0 Å². The molecular formula is C10H11FIN3O2. The van der Waals surface area contributed by atoms with E-state index in [-0.39, 0.29) is 30.5 Å². The lowest BCUT2D eigenvalue weighted by molar-refractivity contribution is 0.0953. The van der Waals surface area contributed by atoms with Crippen LogP contribution in [0.5, 0.6) is 0 Å². The summed E-state index contributed by atoms with van der Waals surface area (Å²) in [5, 5.41) is 13.7. The highest BCUT2D eigenvalue weighted by Gasteiger charge is 2.10. The molecule has 0 saturated carbocycles. The third-order valence-electron chi connectivity index (χ3n) is 1.97. The molecule has 0 spiro atoms. The van der Waals surface area contributed by atoms with E-state index in [1.165, 1.54) is 18.2 Å². The highest BCUT2D eigenvalue weighted by atomic mass is 127. The molecule has 92 valence electrons. The number of hydrogen-bond donors (Lipinski definition) is 3. The molecule has 0 radical (unpaired) electrons. The first kappa shape index (κ1) is 13.7. The van der Waals surface area contributed by atoms with Crippen LogP contribution in [0, 0.1) is 9.39 Å². The molecule has 1 aromatic carbocycles. The maximum absolute atomic E-state index is 12.8. The van der Waals surface area contributed by atoms with Gasteiger partial charge in [-0.1, -0.05) is 5.16 Å². The van der Waals surface area contributed by atoms with Gasteiger partial charge in [-0.05, 0) is 40.8 Å². The zero-order chi connectivity index (χ0) is 12.8. The molecule has 0 unspecified atom stereocenters. The lowest BCUT2D eigenvalue weighted by Gasteiger charge is -2.06. The monoisotopic (exact) mass is 351 g/mol. The second-order valence-corrected chi connectivity index (χ2v) is 4.38. The quantitative estimate of drug-likeness (QED) is 0.251. The molecular weight excluding hydrogens is 340 g/mol. The minimum Gasteiger partial charge on any atom is -0.409 e. The van der Waals surface area contributed by atoms with E-state index in [9.17, 15) is 9.18 Å². The van der Waals surface area contributed by atoms with Gasteiger partial charge in [-0.25, -0.2) is 4.39 Å². The predicted octanol–water partition coefficient (Wildman–Crippen LogP) is 1.30. The molecule has 0 saturated heterocycles. The molecule has 0 heterocycles. The summed E-state index contributed by atoms with van der Waals surface area (Å²) in [6.07, 6.45) is 0.250. The molecule has 0 aromatic heterocycles. The van der Waals surface area contributed by atoms with Crippen molar-refractivity contribution < 1.29 is 14.4 Å². The highest BCUT2D eigenvalue weighted by Crippen LogP contribution is 2.13. The number of nitrogens with one attached hydrogen (secondary N) is 1. The summed E-state index contributed by atoms with van der Waals surface area (Å²) in [6.45, 7) is 0.252. The predicted molar refractivity (Wildman–Crippen MR) is 69.5 cm³/mol. The van der Waals surface area contributed by atoms with Crippen molar-refractivity contribution in [3.8, 4) is 0 Å². The Morgan fingerprint density at radius 1 is 1.59 bits per heavy atom. The van der Waals surface area contributed by atoms with Crippen LogP contribution >= 0.6 is 22.6 Å². The van der Waals surface area contributed by atoms with Crippen LogP contribution in [-0.4, -0.2) is 23.5 Å². The Kier molecular flexibility index (Phi) is 5.13. The van der Waals surface area contributed by atoms with Gasteiger partial charge < -0.3 is 16.3 Å². The molecule has 0 aliphatic carbocycles. The number of rotatable bonds is 4. The fourth-order valence-electron chi connectivity index (χ4n) is 1.12. The standard InChI is InChI=1S/C10H11FIN3O2/c11-6-1-2-7(8(12)5-6)10(16)14-4-3-9(13)15-17/h1-2,5,17H,3-4H2,(H2,13,15)(H,14,16). The van der Waals surface area contributed by atoms with E-state index in [0.29, 0.717) is 9.13 Å². The van der Waals surface area contributed by atoms with Gasteiger partial charge >= 0.3 is 0 Å². The van der Waals surface area contributed by atoms with Crippen LogP contribution in [0.15, 0.2) is 23.4 Å². The number of carbonyl (C=O) groups excluding carboxylic acids is 1. The largest absolute Gasteiger partial charge is 0.409 e. The van der Waals surface area contributed by atoms with E-state index in [4.69, 9.17) is 10.9 Å². The van der Waals surface area contributed by atoms with Crippen molar-refractivity contribution >= 4 is 34.3 Å². The number of nitrogens with two attached hydrogens (primary N) is 1. The Hall–Kier alpha value is -1.38. The lowest BCUT2D eigenvalue weighted by atomic mass is 10.2. The molecule has 4 N–H and O–H groups in total. The van der Waals surface area contributed by atoms with E-state index >= 15 is 0 Å². The summed E-state index contributed by atoms with van der Waals surface area (Å²) < 4.78 is 13.3. The van der Waals surface area contributed by atoms with Gasteiger partial charge in [0.1, 0.15) is 11.7 Å². The first-order valence-corrected chi connectivity index (χ1v) is 5.82. The zero-order valence-corrected chi connectivity index (χ0v) is 10.9. The van der Waals surface area contributed by atoms with Crippen LogP contribution in [0.25, 0.3) is 0 Å². The number of halogens is 2. The third kappa shape index (κ3) is 4.17. The van der Waals surface area contributed by atoms with Gasteiger partial charge in [0.25, 0.3) is 5.91 Å². The molecule has 0 aliphatic heterocycles. The Labute approximate surface area is 111 Å². The van der Waals surface area contributed by atoms with Crippen molar-refractivity contribution in [3.63, 3.8) is 0 Å². The van der Waals surface area contributed by atoms with Crippen molar-refractivity contribution in [3.05, 3.63) is 33.1 Å². The first-order valence-electron chi connectivity index (χ1n) is 4.74. The summed E-state index contributed by atoms with van der Waals surface area (Å²) >= 11 is 1.88. The number of benzene rings is 1. The average Bonchev–Trinajstić information content (AvgIpc) is 2.28. The zero-order valence-electron chi connectivity index (χ0n) is 8.78. The maximum atomic E-state index is 12.8. The normalized spacial score (nSPS) is 11.3. The van der Waals surface area contributed by atoms with E-state index in [0.717, 1.165) is 0 Å². The number of nitrogens with zero attached hydrogens (tertiary/aromatic N) is 1. The van der Waals surface area contributed by atoms with Crippen LogP contribution in [0.4, 0.5) is 4.39 Å². The van der Waals surface area contributed by atoms with Gasteiger partial charge in [-0.15, -0.1) is 0 Å². The van der Waals surface area contributed by atoms with Crippen molar-refractivity contribution in [2.75, 3.05) is 6.54 Å². The van der Waals surface area contributed by atoms with E-state index in [1.54, 1.807) is 0 Å². The fourth-order valence-corrected chi connectivity index (χ4v) is 1.85. The summed E-state index contributed by atoms with van der Waals surface area (Å²) in [6, 6.07) is 3.91. The minimum absolute atomic E-state index is 0.0408. The van der Waals surface area contributed by atoms with Crippen LogP contribution in [0.3, 0.4) is 0 Å². The Morgan fingerprint density at radius 3 is 2.88 bits per heavy atom. The molecule has 1 rings (SSSR count). The summed E-state index contributed by atoms with van der Waals surface area (Å²) in [5.74, 6) is -0.665. The molecule has 0 fully saturated rings. The third-order valence-corrected chi connectivity index (χ3v) is 2.86. The molecule has 1 amide bonds. The summed E-state index contributed by atoms with van der Waals surface area (Å²) in [4.78, 5) is 11.7. The van der Waals surface area contributed by atoms with E-state index < -0.39 is 0 Å². The summed E-state index contributed by atoms with van der Waals surface area (Å²) in [7, 11) is 0. The Morgan fingerprint density at radius 2 is 2.29 bits per heavy atom. The SMILES string of the molecule is N/C(CCNC(=O)c1ccc(F)cc1I)=N/O. The van der Waals surface area contributed by atoms with Crippen molar-refractivity contribution in [2.45, 2.75) is 6.42 Å². The second-order valence-electron chi connectivity index (χ2n) is 3.22. The fraction of sp³-hybridized carbons (Fsp3) is 0.200. The van der Waals surface area contributed by atoms with Crippen molar-refractivity contribution in [2.24, 2.45) is 10.9 Å². The van der Waals surface area contributed by atoms with Gasteiger partial charge in [0.15, 0.2) is 0 Å². The highest BCUT2D eigenvalue weighted by molar-refractivity contribution is 14.1. The number of hydrogen-bond acceptors (Lipinski definition) is 3. The van der Waals surface area contributed by atoms with Gasteiger partial charge in [0, 0.05) is 16.5 Å². The van der Waals surface area contributed by atoms with E-state index in [1.807, 2.05) is 22.6 Å². The maximum Gasteiger partial charge on any atom is 0.252 e. The number of amidine groups is 1. The van der Waals surface area contributed by atoms with Crippen molar-refractivity contribution in [1.82, 2.24) is 5.32 Å². The molecule has 0 aliphatic rings. The molecule has 0 bridgehead atoms. The number of oxime groups is 1. The number of amides is 1.